The summed E-state index contributed by atoms with van der Waals surface area (Å²) in [6, 6.07) is 16.0. The van der Waals surface area contributed by atoms with E-state index < -0.39 is 11.6 Å². The lowest BCUT2D eigenvalue weighted by molar-refractivity contribution is 0.161. The van der Waals surface area contributed by atoms with Crippen LogP contribution in [-0.2, 0) is 5.54 Å². The lowest BCUT2D eigenvalue weighted by atomic mass is 9.93. The molecular formula is C17H20FNO. The van der Waals surface area contributed by atoms with Crippen molar-refractivity contribution in [2.45, 2.75) is 25.5 Å². The van der Waals surface area contributed by atoms with Crippen LogP contribution >= 0.6 is 0 Å². The number of aliphatic hydroxyl groups is 1. The van der Waals surface area contributed by atoms with Crippen molar-refractivity contribution < 1.29 is 9.50 Å². The number of hydrogen-bond acceptors (Lipinski definition) is 2. The summed E-state index contributed by atoms with van der Waals surface area (Å²) in [7, 11) is 0. The zero-order valence-electron chi connectivity index (χ0n) is 11.8. The summed E-state index contributed by atoms with van der Waals surface area (Å²) in [5.41, 5.74) is 1.32. The van der Waals surface area contributed by atoms with Gasteiger partial charge in [-0.2, -0.15) is 0 Å². The van der Waals surface area contributed by atoms with Crippen molar-refractivity contribution in [2.24, 2.45) is 0 Å². The van der Waals surface area contributed by atoms with E-state index >= 15 is 0 Å². The van der Waals surface area contributed by atoms with Crippen molar-refractivity contribution in [3.05, 3.63) is 71.5 Å². The fourth-order valence-electron chi connectivity index (χ4n) is 2.12. The minimum Gasteiger partial charge on any atom is -0.387 e. The number of halogens is 1. The van der Waals surface area contributed by atoms with E-state index in [1.54, 1.807) is 6.07 Å². The first kappa shape index (κ1) is 14.7. The topological polar surface area (TPSA) is 32.3 Å². The van der Waals surface area contributed by atoms with Crippen LogP contribution in [0.5, 0.6) is 0 Å². The molecule has 0 bridgehead atoms. The maximum Gasteiger partial charge on any atom is 0.123 e. The van der Waals surface area contributed by atoms with Crippen LogP contribution in [0.3, 0.4) is 0 Å². The Balaban J connectivity index is 2.02. The van der Waals surface area contributed by atoms with E-state index in [1.807, 2.05) is 50.2 Å². The van der Waals surface area contributed by atoms with Crippen LogP contribution in [0.1, 0.15) is 31.1 Å². The monoisotopic (exact) mass is 273 g/mol. The molecule has 0 saturated carbocycles. The molecule has 0 aliphatic heterocycles. The van der Waals surface area contributed by atoms with Crippen molar-refractivity contribution in [1.29, 1.82) is 0 Å². The molecule has 0 heterocycles. The standard InChI is InChI=1S/C17H20FNO/c1-17(2,14-9-6-10-15(18)11-14)19-12-16(20)13-7-4-3-5-8-13/h3-11,16,19-20H,12H2,1-2H3. The molecule has 0 aliphatic carbocycles. The van der Waals surface area contributed by atoms with Crippen LogP contribution < -0.4 is 5.32 Å². The first-order valence-corrected chi connectivity index (χ1v) is 6.73. The molecular weight excluding hydrogens is 253 g/mol. The van der Waals surface area contributed by atoms with E-state index in [4.69, 9.17) is 0 Å². The van der Waals surface area contributed by atoms with Gasteiger partial charge in [-0.3, -0.25) is 0 Å². The van der Waals surface area contributed by atoms with E-state index in [2.05, 4.69) is 5.32 Å². The van der Waals surface area contributed by atoms with Gasteiger partial charge in [0.2, 0.25) is 0 Å². The van der Waals surface area contributed by atoms with E-state index in [-0.39, 0.29) is 5.82 Å². The Morgan fingerprint density at radius 1 is 1.10 bits per heavy atom. The lowest BCUT2D eigenvalue weighted by Crippen LogP contribution is -2.39. The first-order valence-electron chi connectivity index (χ1n) is 6.73. The fraction of sp³-hybridized carbons (Fsp3) is 0.294. The molecule has 2 N–H and O–H groups in total. The minimum absolute atomic E-state index is 0.249. The second kappa shape index (κ2) is 6.16. The SMILES string of the molecule is CC(C)(NCC(O)c1ccccc1)c1cccc(F)c1. The highest BCUT2D eigenvalue weighted by Gasteiger charge is 2.21. The summed E-state index contributed by atoms with van der Waals surface area (Å²) in [6.45, 7) is 4.35. The van der Waals surface area contributed by atoms with Crippen LogP contribution in [0.25, 0.3) is 0 Å². The Morgan fingerprint density at radius 3 is 2.45 bits per heavy atom. The molecule has 0 fully saturated rings. The normalized spacial score (nSPS) is 13.2. The van der Waals surface area contributed by atoms with Crippen LogP contribution in [-0.4, -0.2) is 11.7 Å². The minimum atomic E-state index is -0.580. The van der Waals surface area contributed by atoms with Gasteiger partial charge in [0.1, 0.15) is 5.82 Å². The third-order valence-corrected chi connectivity index (χ3v) is 3.47. The second-order valence-corrected chi connectivity index (χ2v) is 5.44. The van der Waals surface area contributed by atoms with Crippen molar-refractivity contribution in [1.82, 2.24) is 5.32 Å². The highest BCUT2D eigenvalue weighted by molar-refractivity contribution is 5.24. The molecule has 0 aromatic heterocycles. The number of benzene rings is 2. The average molecular weight is 273 g/mol. The summed E-state index contributed by atoms with van der Waals surface area (Å²) < 4.78 is 13.3. The summed E-state index contributed by atoms with van der Waals surface area (Å²) >= 11 is 0. The van der Waals surface area contributed by atoms with Gasteiger partial charge in [-0.15, -0.1) is 0 Å². The number of aliphatic hydroxyl groups excluding tert-OH is 1. The van der Waals surface area contributed by atoms with Gasteiger partial charge in [-0.1, -0.05) is 42.5 Å². The predicted octanol–water partition coefficient (Wildman–Crippen LogP) is 3.38. The van der Waals surface area contributed by atoms with Gasteiger partial charge in [-0.05, 0) is 37.1 Å². The van der Waals surface area contributed by atoms with E-state index in [9.17, 15) is 9.50 Å². The zero-order valence-corrected chi connectivity index (χ0v) is 11.8. The maximum atomic E-state index is 13.3. The smallest absolute Gasteiger partial charge is 0.123 e. The van der Waals surface area contributed by atoms with Gasteiger partial charge in [0.25, 0.3) is 0 Å². The molecule has 2 rings (SSSR count). The Hall–Kier alpha value is -1.71. The van der Waals surface area contributed by atoms with Crippen LogP contribution in [0.2, 0.25) is 0 Å². The third-order valence-electron chi connectivity index (χ3n) is 3.47. The van der Waals surface area contributed by atoms with Crippen LogP contribution in [0.15, 0.2) is 54.6 Å². The Bertz CT molecular complexity index is 554. The molecule has 1 atom stereocenters. The number of rotatable bonds is 5. The highest BCUT2D eigenvalue weighted by atomic mass is 19.1. The van der Waals surface area contributed by atoms with Crippen molar-refractivity contribution in [3.63, 3.8) is 0 Å². The van der Waals surface area contributed by atoms with Gasteiger partial charge < -0.3 is 10.4 Å². The quantitative estimate of drug-likeness (QED) is 0.875. The molecule has 1 unspecified atom stereocenters. The molecule has 20 heavy (non-hydrogen) atoms. The molecule has 2 aromatic rings. The molecule has 0 radical (unpaired) electrons. The first-order chi connectivity index (χ1) is 9.49. The molecule has 106 valence electrons. The van der Waals surface area contributed by atoms with Crippen molar-refractivity contribution in [3.8, 4) is 0 Å². The van der Waals surface area contributed by atoms with E-state index in [0.717, 1.165) is 11.1 Å². The fourth-order valence-corrected chi connectivity index (χ4v) is 2.12. The van der Waals surface area contributed by atoms with Gasteiger partial charge in [0.05, 0.1) is 6.10 Å². The van der Waals surface area contributed by atoms with Gasteiger partial charge in [-0.25, -0.2) is 4.39 Å². The summed E-state index contributed by atoms with van der Waals surface area (Å²) in [4.78, 5) is 0. The largest absolute Gasteiger partial charge is 0.387 e. The van der Waals surface area contributed by atoms with Gasteiger partial charge >= 0.3 is 0 Å². The summed E-state index contributed by atoms with van der Waals surface area (Å²) in [5.74, 6) is -0.249. The average Bonchev–Trinajstić information content (AvgIpc) is 2.46. The second-order valence-electron chi connectivity index (χ2n) is 5.44. The number of nitrogens with one attached hydrogen (secondary N) is 1. The summed E-state index contributed by atoms with van der Waals surface area (Å²) in [6.07, 6.45) is -0.580. The van der Waals surface area contributed by atoms with Crippen molar-refractivity contribution in [2.75, 3.05) is 6.54 Å². The molecule has 0 amide bonds. The summed E-state index contributed by atoms with van der Waals surface area (Å²) in [5, 5.41) is 13.4. The van der Waals surface area contributed by atoms with Crippen LogP contribution in [0, 0.1) is 5.82 Å². The molecule has 3 heteroatoms. The van der Waals surface area contributed by atoms with E-state index in [0.29, 0.717) is 6.54 Å². The molecule has 0 spiro atoms. The van der Waals surface area contributed by atoms with Crippen LogP contribution in [0.4, 0.5) is 4.39 Å². The highest BCUT2D eigenvalue weighted by Crippen LogP contribution is 2.22. The molecule has 0 saturated heterocycles. The predicted molar refractivity (Wildman–Crippen MR) is 78.8 cm³/mol. The van der Waals surface area contributed by atoms with Gasteiger partial charge in [0, 0.05) is 12.1 Å². The third kappa shape index (κ3) is 3.65. The molecule has 0 aliphatic rings. The van der Waals surface area contributed by atoms with Crippen molar-refractivity contribution >= 4 is 0 Å². The Labute approximate surface area is 119 Å². The maximum absolute atomic E-state index is 13.3. The molecule has 2 nitrogen and oxygen atoms in total. The Kier molecular flexibility index (Phi) is 4.53. The zero-order chi connectivity index (χ0) is 14.6. The lowest BCUT2D eigenvalue weighted by Gasteiger charge is -2.28. The van der Waals surface area contributed by atoms with E-state index in [1.165, 1.54) is 12.1 Å². The van der Waals surface area contributed by atoms with Gasteiger partial charge in [0.15, 0.2) is 0 Å². The molecule has 2 aromatic carbocycles. The Morgan fingerprint density at radius 2 is 1.80 bits per heavy atom. The number of hydrogen-bond donors (Lipinski definition) is 2.